The zero-order chi connectivity index (χ0) is 17.7. The fraction of sp³-hybridized carbons (Fsp3) is 0.357. The van der Waals surface area contributed by atoms with Gasteiger partial charge in [-0.15, -0.1) is 10.2 Å². The Morgan fingerprint density at radius 2 is 1.96 bits per heavy atom. The van der Waals surface area contributed by atoms with Crippen molar-refractivity contribution in [3.8, 4) is 5.69 Å². The average Bonchev–Trinajstić information content (AvgIpc) is 2.93. The molecule has 2 aromatic rings. The number of hydrogen-bond donors (Lipinski definition) is 1. The van der Waals surface area contributed by atoms with E-state index in [9.17, 15) is 13.2 Å². The normalized spacial score (nSPS) is 11.5. The summed E-state index contributed by atoms with van der Waals surface area (Å²) in [4.78, 5) is 11.3. The highest BCUT2D eigenvalue weighted by Gasteiger charge is 2.17. The first-order chi connectivity index (χ1) is 11.3. The van der Waals surface area contributed by atoms with Gasteiger partial charge in [-0.3, -0.25) is 9.36 Å². The number of thioether (sulfide) groups is 1. The van der Waals surface area contributed by atoms with Crippen LogP contribution in [-0.4, -0.2) is 48.3 Å². The summed E-state index contributed by atoms with van der Waals surface area (Å²) >= 11 is 1.17. The fourth-order valence-corrected chi connectivity index (χ4v) is 3.03. The maximum absolute atomic E-state index is 11.3. The Bertz CT molecular complexity index is 816. The molecule has 0 unspecified atom stereocenters. The summed E-state index contributed by atoms with van der Waals surface area (Å²) in [5.41, 5.74) is 1.87. The van der Waals surface area contributed by atoms with Gasteiger partial charge in [0.05, 0.1) is 25.7 Å². The summed E-state index contributed by atoms with van der Waals surface area (Å²) < 4.78 is 31.4. The molecule has 0 saturated heterocycles. The van der Waals surface area contributed by atoms with Crippen LogP contribution >= 0.6 is 11.8 Å². The Labute approximate surface area is 144 Å². The summed E-state index contributed by atoms with van der Waals surface area (Å²) in [5, 5.41) is 8.57. The van der Waals surface area contributed by atoms with Gasteiger partial charge in [0.15, 0.2) is 11.0 Å². The zero-order valence-electron chi connectivity index (χ0n) is 13.5. The number of esters is 1. The molecule has 0 bridgehead atoms. The molecule has 1 aromatic carbocycles. The fourth-order valence-electron chi connectivity index (χ4n) is 1.84. The van der Waals surface area contributed by atoms with Gasteiger partial charge in [0, 0.05) is 5.69 Å². The van der Waals surface area contributed by atoms with Crippen molar-refractivity contribution in [3.63, 3.8) is 0 Å². The van der Waals surface area contributed by atoms with Crippen LogP contribution in [0.25, 0.3) is 5.69 Å². The van der Waals surface area contributed by atoms with Crippen molar-refractivity contribution >= 4 is 27.8 Å². The second kappa shape index (κ2) is 7.77. The Morgan fingerprint density at radius 1 is 1.29 bits per heavy atom. The molecule has 0 radical (unpaired) electrons. The molecule has 2 rings (SSSR count). The van der Waals surface area contributed by atoms with Gasteiger partial charge in [0.25, 0.3) is 0 Å². The lowest BCUT2D eigenvalue weighted by molar-refractivity contribution is -0.137. The van der Waals surface area contributed by atoms with Crippen LogP contribution in [0, 0.1) is 6.92 Å². The average molecular weight is 370 g/mol. The van der Waals surface area contributed by atoms with Crippen molar-refractivity contribution in [1.29, 1.82) is 0 Å². The first kappa shape index (κ1) is 18.4. The first-order valence-corrected chi connectivity index (χ1v) is 9.83. The Hall–Kier alpha value is -1.91. The SMILES string of the molecule is COC(=O)CSc1nnc(CNS(C)(=O)=O)n1-c1ccc(C)cc1. The molecule has 0 saturated carbocycles. The lowest BCUT2D eigenvalue weighted by Crippen LogP contribution is -2.23. The number of nitrogens with zero attached hydrogens (tertiary/aromatic N) is 3. The number of carbonyl (C=O) groups excluding carboxylic acids is 1. The lowest BCUT2D eigenvalue weighted by Gasteiger charge is -2.10. The molecule has 0 aliphatic heterocycles. The van der Waals surface area contributed by atoms with Gasteiger partial charge in [-0.05, 0) is 19.1 Å². The number of nitrogens with one attached hydrogen (secondary N) is 1. The second-order valence-corrected chi connectivity index (χ2v) is 7.80. The van der Waals surface area contributed by atoms with E-state index < -0.39 is 10.0 Å². The molecule has 1 N–H and O–H groups in total. The van der Waals surface area contributed by atoms with Crippen LogP contribution in [-0.2, 0) is 26.1 Å². The standard InChI is InChI=1S/C14H18N4O4S2/c1-10-4-6-11(7-5-10)18-12(8-15-24(3,20)21)16-17-14(18)23-9-13(19)22-2/h4-7,15H,8-9H2,1-3H3. The number of carbonyl (C=O) groups is 1. The minimum Gasteiger partial charge on any atom is -0.468 e. The number of aryl methyl sites for hydroxylation is 1. The topological polar surface area (TPSA) is 103 Å². The van der Waals surface area contributed by atoms with Crippen molar-refractivity contribution in [3.05, 3.63) is 35.7 Å². The summed E-state index contributed by atoms with van der Waals surface area (Å²) in [6.45, 7) is 1.97. The molecule has 1 aromatic heterocycles. The summed E-state index contributed by atoms with van der Waals surface area (Å²) in [5.74, 6) is 0.130. The lowest BCUT2D eigenvalue weighted by atomic mass is 10.2. The van der Waals surface area contributed by atoms with Crippen LogP contribution in [0.5, 0.6) is 0 Å². The van der Waals surface area contributed by atoms with Crippen molar-refractivity contribution < 1.29 is 17.9 Å². The molecular weight excluding hydrogens is 352 g/mol. The maximum atomic E-state index is 11.3. The number of methoxy groups -OCH3 is 1. The Kier molecular flexibility index (Phi) is 5.97. The van der Waals surface area contributed by atoms with E-state index in [0.29, 0.717) is 11.0 Å². The molecule has 8 nitrogen and oxygen atoms in total. The van der Waals surface area contributed by atoms with Crippen molar-refractivity contribution in [1.82, 2.24) is 19.5 Å². The minimum absolute atomic E-state index is 0.00149. The van der Waals surface area contributed by atoms with E-state index in [2.05, 4.69) is 19.7 Å². The van der Waals surface area contributed by atoms with Gasteiger partial charge in [-0.2, -0.15) is 0 Å². The van der Waals surface area contributed by atoms with Crippen LogP contribution < -0.4 is 4.72 Å². The minimum atomic E-state index is -3.36. The van der Waals surface area contributed by atoms with E-state index in [1.165, 1.54) is 18.9 Å². The van der Waals surface area contributed by atoms with Crippen LogP contribution in [0.2, 0.25) is 0 Å². The van der Waals surface area contributed by atoms with E-state index in [1.807, 2.05) is 31.2 Å². The van der Waals surface area contributed by atoms with Gasteiger partial charge in [-0.1, -0.05) is 29.5 Å². The van der Waals surface area contributed by atoms with Gasteiger partial charge in [0.2, 0.25) is 10.0 Å². The monoisotopic (exact) mass is 370 g/mol. The molecule has 0 aliphatic rings. The van der Waals surface area contributed by atoms with Crippen molar-refractivity contribution in [2.24, 2.45) is 0 Å². The quantitative estimate of drug-likeness (QED) is 0.570. The Balaban J connectivity index is 2.35. The second-order valence-electron chi connectivity index (χ2n) is 5.03. The molecule has 10 heteroatoms. The van der Waals surface area contributed by atoms with Crippen LogP contribution in [0.1, 0.15) is 11.4 Å². The third-order valence-electron chi connectivity index (χ3n) is 3.03. The predicted molar refractivity (Wildman–Crippen MR) is 90.5 cm³/mol. The van der Waals surface area contributed by atoms with Crippen LogP contribution in [0.3, 0.4) is 0 Å². The van der Waals surface area contributed by atoms with Gasteiger partial charge in [-0.25, -0.2) is 13.1 Å². The number of ether oxygens (including phenoxy) is 1. The van der Waals surface area contributed by atoms with Gasteiger partial charge >= 0.3 is 5.97 Å². The van der Waals surface area contributed by atoms with Gasteiger partial charge < -0.3 is 4.74 Å². The summed E-state index contributed by atoms with van der Waals surface area (Å²) in [6, 6.07) is 7.62. The van der Waals surface area contributed by atoms with Crippen molar-refractivity contribution in [2.45, 2.75) is 18.6 Å². The van der Waals surface area contributed by atoms with Crippen molar-refractivity contribution in [2.75, 3.05) is 19.1 Å². The number of hydrogen-bond acceptors (Lipinski definition) is 7. The summed E-state index contributed by atoms with van der Waals surface area (Å²) in [6.07, 6.45) is 1.08. The van der Waals surface area contributed by atoms with E-state index in [-0.39, 0.29) is 18.3 Å². The van der Waals surface area contributed by atoms with E-state index in [1.54, 1.807) is 4.57 Å². The smallest absolute Gasteiger partial charge is 0.316 e. The highest BCUT2D eigenvalue weighted by atomic mass is 32.2. The largest absolute Gasteiger partial charge is 0.468 e. The molecule has 130 valence electrons. The molecule has 0 fully saturated rings. The molecule has 0 aliphatic carbocycles. The molecule has 0 amide bonds. The highest BCUT2D eigenvalue weighted by molar-refractivity contribution is 7.99. The highest BCUT2D eigenvalue weighted by Crippen LogP contribution is 2.22. The number of aromatic nitrogens is 3. The number of benzene rings is 1. The molecule has 0 spiro atoms. The molecule has 24 heavy (non-hydrogen) atoms. The summed E-state index contributed by atoms with van der Waals surface area (Å²) in [7, 11) is -2.05. The third kappa shape index (κ3) is 5.05. The van der Waals surface area contributed by atoms with E-state index in [0.717, 1.165) is 17.5 Å². The van der Waals surface area contributed by atoms with Gasteiger partial charge in [0.1, 0.15) is 0 Å². The maximum Gasteiger partial charge on any atom is 0.316 e. The number of rotatable bonds is 7. The first-order valence-electron chi connectivity index (χ1n) is 6.96. The Morgan fingerprint density at radius 3 is 2.54 bits per heavy atom. The molecular formula is C14H18N4O4S2. The number of sulfonamides is 1. The zero-order valence-corrected chi connectivity index (χ0v) is 15.1. The predicted octanol–water partition coefficient (Wildman–Crippen LogP) is 0.890. The van der Waals surface area contributed by atoms with E-state index >= 15 is 0 Å². The molecule has 1 heterocycles. The third-order valence-corrected chi connectivity index (χ3v) is 4.60. The van der Waals surface area contributed by atoms with Crippen LogP contribution in [0.4, 0.5) is 0 Å². The van der Waals surface area contributed by atoms with E-state index in [4.69, 9.17) is 0 Å². The molecule has 0 atom stereocenters. The van der Waals surface area contributed by atoms with Crippen LogP contribution in [0.15, 0.2) is 29.4 Å².